The summed E-state index contributed by atoms with van der Waals surface area (Å²) in [6.45, 7) is 2.11. The van der Waals surface area contributed by atoms with Crippen LogP contribution >= 0.6 is 0 Å². The summed E-state index contributed by atoms with van der Waals surface area (Å²) in [5.41, 5.74) is 0. The zero-order chi connectivity index (χ0) is 7.11. The third-order valence-corrected chi connectivity index (χ3v) is 1.24. The average Bonchev–Trinajstić information content (AvgIpc) is 1.80. The molecule has 0 unspecified atom stereocenters. The number of rotatable bonds is 5. The Morgan fingerprint density at radius 1 is 1.30 bits per heavy atom. The van der Waals surface area contributed by atoms with Crippen molar-refractivity contribution in [3.05, 3.63) is 0 Å². The molecule has 0 aliphatic rings. The van der Waals surface area contributed by atoms with Crippen LogP contribution in [0.15, 0.2) is 0 Å². The van der Waals surface area contributed by atoms with Gasteiger partial charge in [0.05, 0.1) is 0 Å². The van der Waals surface area contributed by atoms with E-state index in [2.05, 4.69) is 6.92 Å². The van der Waals surface area contributed by atoms with E-state index >= 15 is 0 Å². The Morgan fingerprint density at radius 2 is 1.90 bits per heavy atom. The van der Waals surface area contributed by atoms with Gasteiger partial charge in [0, 0.05) is 26.8 Å². The molecular formula is C7H14O2Pd. The van der Waals surface area contributed by atoms with E-state index in [1.54, 1.807) is 0 Å². The molecule has 0 radical (unpaired) electrons. The van der Waals surface area contributed by atoms with Crippen molar-refractivity contribution >= 4 is 5.97 Å². The van der Waals surface area contributed by atoms with E-state index in [-0.39, 0.29) is 20.4 Å². The Kier molecular flexibility index (Phi) is 11.7. The fourth-order valence-electron chi connectivity index (χ4n) is 0.703. The van der Waals surface area contributed by atoms with Gasteiger partial charge in [-0.2, -0.15) is 0 Å². The minimum Gasteiger partial charge on any atom is -0.481 e. The molecule has 0 spiro atoms. The number of carboxylic acids is 1. The van der Waals surface area contributed by atoms with E-state index in [1.807, 2.05) is 0 Å². The molecule has 0 amide bonds. The van der Waals surface area contributed by atoms with Crippen molar-refractivity contribution in [3.63, 3.8) is 0 Å². The van der Waals surface area contributed by atoms with E-state index in [9.17, 15) is 4.79 Å². The summed E-state index contributed by atoms with van der Waals surface area (Å²) in [4.78, 5) is 9.96. The van der Waals surface area contributed by atoms with Crippen molar-refractivity contribution in [3.8, 4) is 0 Å². The normalized spacial score (nSPS) is 8.50. The van der Waals surface area contributed by atoms with Gasteiger partial charge in [-0.1, -0.05) is 26.2 Å². The summed E-state index contributed by atoms with van der Waals surface area (Å²) in [7, 11) is 0. The van der Waals surface area contributed by atoms with Gasteiger partial charge in [-0.25, -0.2) is 0 Å². The Morgan fingerprint density at radius 3 is 2.30 bits per heavy atom. The molecule has 0 aromatic carbocycles. The molecule has 0 aliphatic carbocycles. The summed E-state index contributed by atoms with van der Waals surface area (Å²) < 4.78 is 0. The predicted molar refractivity (Wildman–Crippen MR) is 36.4 cm³/mol. The molecule has 10 heavy (non-hydrogen) atoms. The number of carbonyl (C=O) groups is 1. The summed E-state index contributed by atoms with van der Waals surface area (Å²) in [5, 5.41) is 8.21. The molecule has 0 fully saturated rings. The largest absolute Gasteiger partial charge is 0.481 e. The summed E-state index contributed by atoms with van der Waals surface area (Å²) in [6.07, 6.45) is 4.55. The van der Waals surface area contributed by atoms with E-state index in [1.165, 1.54) is 6.42 Å². The molecule has 0 aromatic rings. The third-order valence-electron chi connectivity index (χ3n) is 1.24. The van der Waals surface area contributed by atoms with Crippen LogP contribution in [0.1, 0.15) is 39.0 Å². The third kappa shape index (κ3) is 11.0. The number of unbranched alkanes of at least 4 members (excludes halogenated alkanes) is 3. The van der Waals surface area contributed by atoms with Crippen LogP contribution in [0.3, 0.4) is 0 Å². The van der Waals surface area contributed by atoms with Crippen molar-refractivity contribution in [2.45, 2.75) is 39.0 Å². The molecule has 0 aliphatic heterocycles. The molecule has 0 aromatic heterocycles. The van der Waals surface area contributed by atoms with E-state index in [0.29, 0.717) is 6.42 Å². The zero-order valence-electron chi connectivity index (χ0n) is 6.21. The molecule has 3 heteroatoms. The maximum absolute atomic E-state index is 9.96. The quantitative estimate of drug-likeness (QED) is 0.586. The van der Waals surface area contributed by atoms with Crippen LogP contribution in [-0.4, -0.2) is 11.1 Å². The molecule has 64 valence electrons. The van der Waals surface area contributed by atoms with Crippen LogP contribution in [0.4, 0.5) is 0 Å². The van der Waals surface area contributed by atoms with E-state index < -0.39 is 5.97 Å². The summed E-state index contributed by atoms with van der Waals surface area (Å²) in [5.74, 6) is -0.675. The Labute approximate surface area is 75.7 Å². The molecule has 0 heterocycles. The molecule has 0 saturated carbocycles. The van der Waals surface area contributed by atoms with Crippen molar-refractivity contribution < 1.29 is 30.3 Å². The summed E-state index contributed by atoms with van der Waals surface area (Å²) in [6, 6.07) is 0. The fourth-order valence-corrected chi connectivity index (χ4v) is 0.703. The molecule has 0 saturated heterocycles. The van der Waals surface area contributed by atoms with Crippen LogP contribution in [-0.2, 0) is 25.2 Å². The van der Waals surface area contributed by atoms with Crippen LogP contribution in [0.2, 0.25) is 0 Å². The van der Waals surface area contributed by atoms with E-state index in [4.69, 9.17) is 5.11 Å². The maximum atomic E-state index is 9.96. The molecule has 2 nitrogen and oxygen atoms in total. The Bertz CT molecular complexity index is 83.7. The SMILES string of the molecule is CCCCCCC(=O)O.[Pd]. The van der Waals surface area contributed by atoms with Gasteiger partial charge in [-0.3, -0.25) is 4.79 Å². The van der Waals surface area contributed by atoms with Gasteiger partial charge in [-0.05, 0) is 6.42 Å². The van der Waals surface area contributed by atoms with Gasteiger partial charge in [-0.15, -0.1) is 0 Å². The molecule has 0 rings (SSSR count). The number of carboxylic acid groups (broad SMARTS) is 1. The van der Waals surface area contributed by atoms with Gasteiger partial charge in [0.25, 0.3) is 0 Å². The smallest absolute Gasteiger partial charge is 0.303 e. The predicted octanol–water partition coefficient (Wildman–Crippen LogP) is 2.04. The van der Waals surface area contributed by atoms with Gasteiger partial charge < -0.3 is 5.11 Å². The second kappa shape index (κ2) is 9.13. The van der Waals surface area contributed by atoms with Crippen LogP contribution in [0.5, 0.6) is 0 Å². The summed E-state index contributed by atoms with van der Waals surface area (Å²) >= 11 is 0. The first-order valence-corrected chi connectivity index (χ1v) is 3.49. The van der Waals surface area contributed by atoms with Gasteiger partial charge in [0.2, 0.25) is 0 Å². The van der Waals surface area contributed by atoms with Crippen molar-refractivity contribution in [1.29, 1.82) is 0 Å². The minimum absolute atomic E-state index is 0. The van der Waals surface area contributed by atoms with Crippen molar-refractivity contribution in [2.75, 3.05) is 0 Å². The molecule has 1 N–H and O–H groups in total. The minimum atomic E-state index is -0.675. The zero-order valence-corrected chi connectivity index (χ0v) is 7.76. The maximum Gasteiger partial charge on any atom is 0.303 e. The van der Waals surface area contributed by atoms with Gasteiger partial charge in [0.15, 0.2) is 0 Å². The van der Waals surface area contributed by atoms with Gasteiger partial charge in [0.1, 0.15) is 0 Å². The monoisotopic (exact) mass is 236 g/mol. The second-order valence-corrected chi connectivity index (χ2v) is 2.20. The Balaban J connectivity index is 0. The van der Waals surface area contributed by atoms with Crippen LogP contribution < -0.4 is 0 Å². The molecular weight excluding hydrogens is 222 g/mol. The van der Waals surface area contributed by atoms with E-state index in [0.717, 1.165) is 19.3 Å². The number of aliphatic carboxylic acids is 1. The number of hydrogen-bond donors (Lipinski definition) is 1. The fraction of sp³-hybridized carbons (Fsp3) is 0.857. The standard InChI is InChI=1S/C7H14O2.Pd/c1-2-3-4-5-6-7(8)9;/h2-6H2,1H3,(H,8,9);. The van der Waals surface area contributed by atoms with Crippen molar-refractivity contribution in [1.82, 2.24) is 0 Å². The topological polar surface area (TPSA) is 37.3 Å². The van der Waals surface area contributed by atoms with Gasteiger partial charge >= 0.3 is 5.97 Å². The first kappa shape index (κ1) is 12.8. The molecule has 0 bridgehead atoms. The second-order valence-electron chi connectivity index (χ2n) is 2.20. The first-order valence-electron chi connectivity index (χ1n) is 3.49. The first-order chi connectivity index (χ1) is 4.27. The number of hydrogen-bond acceptors (Lipinski definition) is 1. The average molecular weight is 237 g/mol. The Hall–Kier alpha value is 0.132. The molecule has 0 atom stereocenters. The van der Waals surface area contributed by atoms with Crippen LogP contribution in [0, 0.1) is 0 Å². The van der Waals surface area contributed by atoms with Crippen molar-refractivity contribution in [2.24, 2.45) is 0 Å². The van der Waals surface area contributed by atoms with Crippen LogP contribution in [0.25, 0.3) is 0 Å².